The van der Waals surface area contributed by atoms with Gasteiger partial charge >= 0.3 is 6.18 Å². The molecule has 0 radical (unpaired) electrons. The Balaban J connectivity index is 1.94. The molecule has 3 rings (SSSR count). The molecule has 3 aromatic rings. The Labute approximate surface area is 127 Å². The monoisotopic (exact) mass is 322 g/mol. The van der Waals surface area contributed by atoms with E-state index in [1.807, 2.05) is 0 Å². The summed E-state index contributed by atoms with van der Waals surface area (Å²) < 4.78 is 51.9. The molecule has 0 spiro atoms. The lowest BCUT2D eigenvalue weighted by atomic mass is 10.1. The molecule has 0 saturated heterocycles. The molecule has 0 bridgehead atoms. The Morgan fingerprint density at radius 1 is 1.04 bits per heavy atom. The normalized spacial score (nSPS) is 11.8. The lowest BCUT2D eigenvalue weighted by Crippen LogP contribution is -2.21. The van der Waals surface area contributed by atoms with E-state index < -0.39 is 17.6 Å². The molecule has 0 N–H and O–H groups in total. The fourth-order valence-electron chi connectivity index (χ4n) is 2.24. The predicted octanol–water partition coefficient (Wildman–Crippen LogP) is 3.60. The average Bonchev–Trinajstić information content (AvgIpc) is 2.50. The quantitative estimate of drug-likeness (QED) is 0.676. The summed E-state index contributed by atoms with van der Waals surface area (Å²) in [5.74, 6) is -0.495. The number of nitrogens with zero attached hydrogens (tertiary/aromatic N) is 2. The van der Waals surface area contributed by atoms with E-state index in [0.29, 0.717) is 5.56 Å². The summed E-state index contributed by atoms with van der Waals surface area (Å²) >= 11 is 0. The third kappa shape index (κ3) is 3.08. The number of halogens is 4. The second kappa shape index (κ2) is 5.49. The molecule has 0 aliphatic heterocycles. The van der Waals surface area contributed by atoms with E-state index in [1.54, 1.807) is 0 Å². The highest BCUT2D eigenvalue weighted by molar-refractivity contribution is 5.77. The molecule has 0 fully saturated rings. The average molecular weight is 322 g/mol. The van der Waals surface area contributed by atoms with Gasteiger partial charge in [0.25, 0.3) is 5.56 Å². The van der Waals surface area contributed by atoms with Gasteiger partial charge in [-0.3, -0.25) is 9.36 Å². The first-order valence-electron chi connectivity index (χ1n) is 6.65. The third-order valence-corrected chi connectivity index (χ3v) is 3.42. The fraction of sp³-hybridized carbons (Fsp3) is 0.125. The first kappa shape index (κ1) is 15.2. The summed E-state index contributed by atoms with van der Waals surface area (Å²) in [4.78, 5) is 16.3. The van der Waals surface area contributed by atoms with Crippen molar-refractivity contribution >= 4 is 10.9 Å². The molecule has 0 amide bonds. The van der Waals surface area contributed by atoms with Gasteiger partial charge in [0.05, 0.1) is 29.3 Å². The second-order valence-electron chi connectivity index (χ2n) is 5.03. The maximum absolute atomic E-state index is 13.1. The summed E-state index contributed by atoms with van der Waals surface area (Å²) in [6, 6.07) is 8.19. The van der Waals surface area contributed by atoms with Gasteiger partial charge in [0.15, 0.2) is 0 Å². The van der Waals surface area contributed by atoms with Crippen LogP contribution in [-0.4, -0.2) is 9.55 Å². The van der Waals surface area contributed by atoms with Crippen LogP contribution in [0.3, 0.4) is 0 Å². The maximum atomic E-state index is 13.1. The van der Waals surface area contributed by atoms with Crippen molar-refractivity contribution in [3.05, 3.63) is 76.1 Å². The number of rotatable bonds is 2. The number of fused-ring (bicyclic) bond motifs is 1. The number of hydrogen-bond donors (Lipinski definition) is 0. The highest BCUT2D eigenvalue weighted by atomic mass is 19.4. The highest BCUT2D eigenvalue weighted by Gasteiger charge is 2.29. The van der Waals surface area contributed by atoms with E-state index in [-0.39, 0.29) is 23.0 Å². The largest absolute Gasteiger partial charge is 0.416 e. The van der Waals surface area contributed by atoms with Gasteiger partial charge in [0.1, 0.15) is 5.82 Å². The molecule has 3 nitrogen and oxygen atoms in total. The van der Waals surface area contributed by atoms with E-state index >= 15 is 0 Å². The van der Waals surface area contributed by atoms with Crippen molar-refractivity contribution in [3.8, 4) is 0 Å². The van der Waals surface area contributed by atoms with Gasteiger partial charge in [0, 0.05) is 6.07 Å². The van der Waals surface area contributed by atoms with Crippen molar-refractivity contribution in [1.82, 2.24) is 9.55 Å². The molecule has 1 heterocycles. The topological polar surface area (TPSA) is 34.9 Å². The first-order chi connectivity index (χ1) is 10.8. The van der Waals surface area contributed by atoms with Crippen LogP contribution in [0.1, 0.15) is 11.1 Å². The molecule has 23 heavy (non-hydrogen) atoms. The van der Waals surface area contributed by atoms with Crippen molar-refractivity contribution in [2.45, 2.75) is 12.7 Å². The Bertz CT molecular complexity index is 914. The van der Waals surface area contributed by atoms with Crippen LogP contribution in [0.2, 0.25) is 0 Å². The van der Waals surface area contributed by atoms with Gasteiger partial charge in [0.2, 0.25) is 0 Å². The van der Waals surface area contributed by atoms with Crippen LogP contribution < -0.4 is 5.56 Å². The van der Waals surface area contributed by atoms with E-state index in [4.69, 9.17) is 0 Å². The lowest BCUT2D eigenvalue weighted by molar-refractivity contribution is -0.137. The highest BCUT2D eigenvalue weighted by Crippen LogP contribution is 2.29. The Morgan fingerprint density at radius 2 is 1.74 bits per heavy atom. The van der Waals surface area contributed by atoms with Crippen molar-refractivity contribution in [3.63, 3.8) is 0 Å². The minimum Gasteiger partial charge on any atom is -0.294 e. The van der Waals surface area contributed by atoms with Crippen LogP contribution in [0.25, 0.3) is 10.9 Å². The Kier molecular flexibility index (Phi) is 3.63. The predicted molar refractivity (Wildman–Crippen MR) is 76.5 cm³/mol. The zero-order valence-corrected chi connectivity index (χ0v) is 11.6. The molecule has 2 aromatic carbocycles. The van der Waals surface area contributed by atoms with Crippen molar-refractivity contribution in [2.24, 2.45) is 0 Å². The summed E-state index contributed by atoms with van der Waals surface area (Å²) in [6.45, 7) is 0.0806. The van der Waals surface area contributed by atoms with Gasteiger partial charge in [-0.25, -0.2) is 9.37 Å². The van der Waals surface area contributed by atoms with Crippen molar-refractivity contribution in [1.29, 1.82) is 0 Å². The van der Waals surface area contributed by atoms with Gasteiger partial charge in [-0.2, -0.15) is 13.2 Å². The molecule has 7 heteroatoms. The lowest BCUT2D eigenvalue weighted by Gasteiger charge is -2.09. The van der Waals surface area contributed by atoms with Gasteiger partial charge in [-0.05, 0) is 29.8 Å². The van der Waals surface area contributed by atoms with E-state index in [1.165, 1.54) is 29.1 Å². The van der Waals surface area contributed by atoms with Crippen LogP contribution in [0, 0.1) is 5.82 Å². The molecule has 0 atom stereocenters. The standard InChI is InChI=1S/C16H10F4N2O/c17-12-5-6-13-14(7-12)21-9-22(15(13)23)8-10-1-3-11(4-2-10)16(18,19)20/h1-7,9H,8H2. The molecule has 0 unspecified atom stereocenters. The Hall–Kier alpha value is -2.70. The van der Waals surface area contributed by atoms with Crippen LogP contribution in [0.5, 0.6) is 0 Å². The zero-order valence-electron chi connectivity index (χ0n) is 11.6. The van der Waals surface area contributed by atoms with Crippen molar-refractivity contribution < 1.29 is 17.6 Å². The van der Waals surface area contributed by atoms with E-state index in [2.05, 4.69) is 4.98 Å². The van der Waals surface area contributed by atoms with Crippen LogP contribution in [0.15, 0.2) is 53.6 Å². The third-order valence-electron chi connectivity index (χ3n) is 3.42. The molecule has 0 aliphatic carbocycles. The summed E-state index contributed by atoms with van der Waals surface area (Å²) in [6.07, 6.45) is -3.15. The number of benzene rings is 2. The molecule has 0 aliphatic rings. The first-order valence-corrected chi connectivity index (χ1v) is 6.65. The van der Waals surface area contributed by atoms with Crippen LogP contribution >= 0.6 is 0 Å². The number of aromatic nitrogens is 2. The second-order valence-corrected chi connectivity index (χ2v) is 5.03. The summed E-state index contributed by atoms with van der Waals surface area (Å²) in [5, 5.41) is 0.251. The van der Waals surface area contributed by atoms with Gasteiger partial charge in [-0.15, -0.1) is 0 Å². The Morgan fingerprint density at radius 3 is 2.39 bits per heavy atom. The minimum atomic E-state index is -4.40. The van der Waals surface area contributed by atoms with Crippen LogP contribution in [0.4, 0.5) is 17.6 Å². The van der Waals surface area contributed by atoms with Crippen molar-refractivity contribution in [2.75, 3.05) is 0 Å². The SMILES string of the molecule is O=c1c2ccc(F)cc2ncn1Cc1ccc(C(F)(F)F)cc1. The summed E-state index contributed by atoms with van der Waals surface area (Å²) in [5.41, 5.74) is -0.363. The number of alkyl halides is 3. The van der Waals surface area contributed by atoms with E-state index in [0.717, 1.165) is 24.3 Å². The van der Waals surface area contributed by atoms with E-state index in [9.17, 15) is 22.4 Å². The smallest absolute Gasteiger partial charge is 0.294 e. The molecule has 1 aromatic heterocycles. The van der Waals surface area contributed by atoms with Gasteiger partial charge in [-0.1, -0.05) is 12.1 Å². The molecular formula is C16H10F4N2O. The minimum absolute atomic E-state index is 0.0806. The zero-order chi connectivity index (χ0) is 16.6. The maximum Gasteiger partial charge on any atom is 0.416 e. The van der Waals surface area contributed by atoms with Gasteiger partial charge < -0.3 is 0 Å². The molecular weight excluding hydrogens is 312 g/mol. The van der Waals surface area contributed by atoms with Crippen LogP contribution in [-0.2, 0) is 12.7 Å². The summed E-state index contributed by atoms with van der Waals surface area (Å²) in [7, 11) is 0. The molecule has 118 valence electrons. The number of hydrogen-bond acceptors (Lipinski definition) is 2. The molecule has 0 saturated carbocycles. The fourth-order valence-corrected chi connectivity index (χ4v) is 2.24.